The third-order valence-electron chi connectivity index (χ3n) is 25.8. The summed E-state index contributed by atoms with van der Waals surface area (Å²) in [6, 6.07) is 14.8. The fraction of sp³-hybridized carbons (Fsp3) is 0.791. The molecule has 5 heterocycles. The average molecular weight is 1650 g/mol. The van der Waals surface area contributed by atoms with Gasteiger partial charge in [0.2, 0.25) is 0 Å². The fourth-order valence-electron chi connectivity index (χ4n) is 19.3. The number of epoxide rings is 5. The van der Waals surface area contributed by atoms with Crippen molar-refractivity contribution in [1.29, 1.82) is 0 Å². The minimum atomic E-state index is -3.11. The van der Waals surface area contributed by atoms with E-state index in [0.717, 1.165) is 162 Å². The van der Waals surface area contributed by atoms with Gasteiger partial charge in [-0.15, -0.1) is 0 Å². The molecule has 11 aliphatic rings. The maximum absolute atomic E-state index is 11.0. The normalized spacial score (nSPS) is 32.7. The molecule has 0 spiro atoms. The number of hydrogen-bond donors (Lipinski definition) is 3. The van der Waals surface area contributed by atoms with Gasteiger partial charge in [0.25, 0.3) is 12.4 Å². The molecule has 605 valence electrons. The summed E-state index contributed by atoms with van der Waals surface area (Å²) in [5.74, 6) is 8.14. The first-order valence-electron chi connectivity index (χ1n) is 39.6. The molecule has 0 bridgehead atoms. The number of benzene rings is 2. The Bertz CT molecular complexity index is 2760. The van der Waals surface area contributed by atoms with Crippen molar-refractivity contribution in [3.63, 3.8) is 0 Å². The molecule has 6 saturated carbocycles. The number of nitrogens with zero attached hydrogens (tertiary/aromatic N) is 1. The number of anilines is 1. The SMILES string of the molecule is C.C1CC(COCC2CO2)CCC1COCC1CO1.CC(C)CCCC(C)C1CCC2C3CCC4CC(C(C)OO)CCC4(C)C3CCC12C.CCC1C(C)CC(C)C1C.CNC(=O)C(OC=O)(C([NH-])=O)C(=O)O.Cc1cc(C)cc(C)c1.[CH3-].[CH3-].[Y+3].[Y].c1cc(N(CC2CO2)CC2CO2)ccc1OCC1CO1. The van der Waals surface area contributed by atoms with Gasteiger partial charge in [-0.2, -0.15) is 0 Å². The first kappa shape index (κ1) is 99.0. The van der Waals surface area contributed by atoms with Crippen LogP contribution in [0.25, 0.3) is 5.73 Å². The summed E-state index contributed by atoms with van der Waals surface area (Å²) in [6.45, 7) is 40.7. The van der Waals surface area contributed by atoms with Crippen LogP contribution in [-0.2, 0) is 127 Å². The molecule has 2 aromatic carbocycles. The Morgan fingerprint density at radius 1 is 0.682 bits per heavy atom. The van der Waals surface area contributed by atoms with Crippen LogP contribution in [0.3, 0.4) is 0 Å². The number of aliphatic carboxylic acids is 1. The molecule has 0 aromatic heterocycles. The van der Waals surface area contributed by atoms with Crippen molar-refractivity contribution in [3.8, 4) is 5.75 Å². The molecule has 13 rings (SSSR count). The van der Waals surface area contributed by atoms with E-state index in [-0.39, 0.29) is 100 Å². The van der Waals surface area contributed by atoms with Gasteiger partial charge >= 0.3 is 44.3 Å². The van der Waals surface area contributed by atoms with Crippen LogP contribution in [0, 0.1) is 129 Å². The Morgan fingerprint density at radius 2 is 1.18 bits per heavy atom. The van der Waals surface area contributed by atoms with Crippen LogP contribution in [0.2, 0.25) is 0 Å². The maximum atomic E-state index is 11.0. The molecule has 11 fully saturated rings. The number of carboxylic acid groups (broad SMARTS) is 1. The van der Waals surface area contributed by atoms with E-state index in [1.54, 1.807) is 0 Å². The summed E-state index contributed by atoms with van der Waals surface area (Å²) in [7, 11) is 1.04. The summed E-state index contributed by atoms with van der Waals surface area (Å²) in [5.41, 5.74) is 9.88. The van der Waals surface area contributed by atoms with Crippen molar-refractivity contribution in [2.45, 2.75) is 255 Å². The van der Waals surface area contributed by atoms with Crippen LogP contribution in [0.15, 0.2) is 42.5 Å². The number of carbonyl (C=O) groups is 4. The standard InChI is InChI=1S/C29H52O2.C15H19NO4.C14H24O4.C10H20.C9H12.C6H8N2O6.CH4.2CH3.2Y/c1-19(2)8-7-9-20(3)25-12-13-26-24-11-10-23-18-22(21(4)31-30)14-16-28(23,5)27(24)15-17-29(25,26)6;1-3-12(17-9-15-10-20-15)4-2-11(1)16(5-13-7-18-13)6-14-8-19-14;1-2-12(6-16-8-14-10-18-14)4-3-11(1)5-15-7-13-9-17-13;1-5-10-8(3)6-7(2)9(10)4;1-7-4-8(2)6-9(3)5-7;1-8-4(11)6(3(7)10,5(12)13)14-2-9;;;;;/h19-27,30H,7-18H2,1-6H3;1-4,13-15H,5-10H2;11-14H,1-10H2;7-10H,5-6H2,1-4H3;4-6H,1-3H3;2H,1H3,(H4,7,8,10,11,12,13);1H4;2*1H3;;/q;;;;;;;2*-1;;+3/p-1. The van der Waals surface area contributed by atoms with Crippen LogP contribution in [0.4, 0.5) is 5.69 Å². The molecule has 6 aliphatic carbocycles. The molecule has 2 amide bonds. The largest absolute Gasteiger partial charge is 3.00 e. The van der Waals surface area contributed by atoms with E-state index in [4.69, 9.17) is 53.6 Å². The Labute approximate surface area is 697 Å². The molecule has 20 unspecified atom stereocenters. The first-order valence-corrected chi connectivity index (χ1v) is 39.6. The Balaban J connectivity index is 0.000000346. The van der Waals surface area contributed by atoms with E-state index >= 15 is 0 Å². The number of carboxylic acids is 1. The summed E-state index contributed by atoms with van der Waals surface area (Å²) in [6.07, 6.45) is 26.9. The Hall–Kier alpha value is -2.23. The average Bonchev–Trinajstić information content (AvgIpc) is 1.67. The van der Waals surface area contributed by atoms with Gasteiger partial charge in [0, 0.05) is 71.7 Å². The molecule has 1 radical (unpaired) electrons. The van der Waals surface area contributed by atoms with E-state index in [2.05, 4.69) is 130 Å². The molecule has 4 N–H and O–H groups in total. The number of aryl methyl sites for hydroxylation is 3. The van der Waals surface area contributed by atoms with Crippen molar-refractivity contribution >= 4 is 29.9 Å². The minimum Gasteiger partial charge on any atom is -0.663 e. The molecule has 21 heteroatoms. The molecular weight excluding hydrogens is 1510 g/mol. The van der Waals surface area contributed by atoms with Gasteiger partial charge < -0.3 is 83.3 Å². The van der Waals surface area contributed by atoms with E-state index in [1.807, 2.05) is 17.4 Å². The molecule has 19 nitrogen and oxygen atoms in total. The van der Waals surface area contributed by atoms with Crippen LogP contribution in [0.5, 0.6) is 5.75 Å². The van der Waals surface area contributed by atoms with Gasteiger partial charge in [-0.25, -0.2) is 9.68 Å². The van der Waals surface area contributed by atoms with Gasteiger partial charge in [0.1, 0.15) is 36.6 Å². The molecule has 107 heavy (non-hydrogen) atoms. The van der Waals surface area contributed by atoms with Crippen LogP contribution in [0.1, 0.15) is 209 Å². The van der Waals surface area contributed by atoms with Gasteiger partial charge in [-0.1, -0.05) is 130 Å². The monoisotopic (exact) mass is 1650 g/mol. The molecule has 5 aliphatic heterocycles. The summed E-state index contributed by atoms with van der Waals surface area (Å²) in [4.78, 5) is 49.2. The van der Waals surface area contributed by atoms with E-state index in [1.165, 1.54) is 138 Å². The van der Waals surface area contributed by atoms with E-state index in [9.17, 15) is 24.4 Å². The zero-order chi connectivity index (χ0) is 73.9. The number of nitrogens with one attached hydrogen (secondary N) is 2. The number of ether oxygens (including phenoxy) is 9. The molecule has 20 atom stereocenters. The van der Waals surface area contributed by atoms with Crippen molar-refractivity contribution < 1.29 is 142 Å². The summed E-state index contributed by atoms with van der Waals surface area (Å²) < 4.78 is 47.0. The zero-order valence-corrected chi connectivity index (χ0v) is 73.8. The maximum Gasteiger partial charge on any atom is 3.00 e. The second-order valence-corrected chi connectivity index (χ2v) is 33.9. The second kappa shape index (κ2) is 47.6. The topological polar surface area (TPSA) is 257 Å². The molecule has 5 saturated heterocycles. The van der Waals surface area contributed by atoms with Gasteiger partial charge in [0.05, 0.1) is 64.6 Å². The Morgan fingerprint density at radius 3 is 1.60 bits per heavy atom. The Kier molecular flexibility index (Phi) is 44.0. The first-order chi connectivity index (χ1) is 48.7. The van der Waals surface area contributed by atoms with Crippen LogP contribution >= 0.6 is 0 Å². The summed E-state index contributed by atoms with van der Waals surface area (Å²) in [5, 5.41) is 19.6. The van der Waals surface area contributed by atoms with Crippen LogP contribution in [-0.4, -0.2) is 163 Å². The van der Waals surface area contributed by atoms with Gasteiger partial charge in [-0.05, 0) is 236 Å². The predicted molar refractivity (Wildman–Crippen MR) is 417 cm³/mol. The minimum absolute atomic E-state index is 0. The van der Waals surface area contributed by atoms with Gasteiger partial charge in [0.15, 0.2) is 0 Å². The van der Waals surface area contributed by atoms with E-state index < -0.39 is 23.4 Å². The van der Waals surface area contributed by atoms with E-state index in [0.29, 0.717) is 53.9 Å². The number of rotatable bonds is 29. The predicted octanol–water partition coefficient (Wildman–Crippen LogP) is 17.1. The van der Waals surface area contributed by atoms with Gasteiger partial charge in [-0.3, -0.25) is 14.8 Å². The number of amides is 2. The van der Waals surface area contributed by atoms with Crippen LogP contribution < -0.4 is 15.0 Å². The van der Waals surface area contributed by atoms with Crippen molar-refractivity contribution in [2.75, 3.05) is 91.1 Å². The second-order valence-electron chi connectivity index (χ2n) is 33.9. The molecule has 2 aromatic rings. The number of likely N-dealkylation sites (N-methyl/N-ethyl adjacent to an activating group) is 1. The number of fused-ring (bicyclic) bond motifs is 5. The van der Waals surface area contributed by atoms with Crippen molar-refractivity contribution in [3.05, 3.63) is 79.7 Å². The zero-order valence-electron chi connectivity index (χ0n) is 68.1. The molecular formula is C86H144N3O16Y2. The summed E-state index contributed by atoms with van der Waals surface area (Å²) >= 11 is 0. The van der Waals surface area contributed by atoms with Crippen molar-refractivity contribution in [2.24, 2.45) is 93.7 Å². The third-order valence-corrected chi connectivity index (χ3v) is 25.8. The number of hydrogen-bond acceptors (Lipinski definition) is 16. The third kappa shape index (κ3) is 29.8. The number of carbonyl (C=O) groups excluding carboxylic acids is 3. The quantitative estimate of drug-likeness (QED) is 0.0171. The smallest absolute Gasteiger partial charge is 0.663 e. The van der Waals surface area contributed by atoms with Crippen molar-refractivity contribution in [1.82, 2.24) is 5.32 Å². The fourth-order valence-corrected chi connectivity index (χ4v) is 19.3.